The first-order valence-electron chi connectivity index (χ1n) is 5.99. The summed E-state index contributed by atoms with van der Waals surface area (Å²) in [5.74, 6) is -0.373. The lowest BCUT2D eigenvalue weighted by Crippen LogP contribution is -2.17. The van der Waals surface area contributed by atoms with Crippen LogP contribution in [0.2, 0.25) is 0 Å². The number of alkyl halides is 3. The molecule has 1 aromatic carbocycles. The predicted molar refractivity (Wildman–Crippen MR) is 67.0 cm³/mol. The number of ether oxygens (including phenoxy) is 1. The van der Waals surface area contributed by atoms with Crippen molar-refractivity contribution in [2.45, 2.75) is 19.7 Å². The van der Waals surface area contributed by atoms with Crippen molar-refractivity contribution >= 4 is 11.6 Å². The van der Waals surface area contributed by atoms with E-state index in [1.54, 1.807) is 6.92 Å². The van der Waals surface area contributed by atoms with E-state index in [0.29, 0.717) is 17.9 Å². The summed E-state index contributed by atoms with van der Waals surface area (Å²) in [6.07, 6.45) is -2.96. The fraction of sp³-hybridized carbons (Fsp3) is 0.231. The minimum atomic E-state index is -4.75. The summed E-state index contributed by atoms with van der Waals surface area (Å²) >= 11 is 0. The summed E-state index contributed by atoms with van der Waals surface area (Å²) in [7, 11) is 0. The van der Waals surface area contributed by atoms with Crippen molar-refractivity contribution in [1.82, 2.24) is 5.16 Å². The smallest absolute Gasteiger partial charge is 0.406 e. The van der Waals surface area contributed by atoms with Crippen LogP contribution in [-0.2, 0) is 6.42 Å². The minimum absolute atomic E-state index is 0.285. The average molecular weight is 300 g/mol. The zero-order valence-electron chi connectivity index (χ0n) is 10.9. The van der Waals surface area contributed by atoms with Gasteiger partial charge < -0.3 is 14.6 Å². The number of aryl methyl sites for hydroxylation is 1. The highest BCUT2D eigenvalue weighted by Crippen LogP contribution is 2.24. The normalized spacial score (nSPS) is 11.2. The van der Waals surface area contributed by atoms with Crippen LogP contribution in [0.4, 0.5) is 18.9 Å². The number of anilines is 1. The van der Waals surface area contributed by atoms with Crippen molar-refractivity contribution < 1.29 is 27.2 Å². The van der Waals surface area contributed by atoms with Gasteiger partial charge in [-0.3, -0.25) is 4.79 Å². The van der Waals surface area contributed by atoms with E-state index in [-0.39, 0.29) is 11.3 Å². The van der Waals surface area contributed by atoms with Crippen molar-refractivity contribution in [3.05, 3.63) is 41.8 Å². The summed E-state index contributed by atoms with van der Waals surface area (Å²) in [5.41, 5.74) is 0.617. The third-order valence-corrected chi connectivity index (χ3v) is 2.56. The van der Waals surface area contributed by atoms with Crippen LogP contribution in [-0.4, -0.2) is 17.4 Å². The second-order valence-electron chi connectivity index (χ2n) is 4.04. The van der Waals surface area contributed by atoms with Gasteiger partial charge >= 0.3 is 6.36 Å². The number of nitrogens with one attached hydrogen (secondary N) is 1. The Bertz CT molecular complexity index is 620. The van der Waals surface area contributed by atoms with Crippen LogP contribution < -0.4 is 10.1 Å². The van der Waals surface area contributed by atoms with Crippen LogP contribution in [0, 0.1) is 0 Å². The maximum absolute atomic E-state index is 12.0. The standard InChI is InChI=1S/C13H11F3N2O3/c1-2-11-10(7-17-21-11)12(19)18-8-3-5-9(6-4-8)20-13(14,15)16/h3-7H,2H2,1H3,(H,18,19). The lowest BCUT2D eigenvalue weighted by Gasteiger charge is -2.09. The van der Waals surface area contributed by atoms with Gasteiger partial charge in [-0.15, -0.1) is 13.2 Å². The molecule has 112 valence electrons. The number of hydrogen-bond acceptors (Lipinski definition) is 4. The molecule has 1 N–H and O–H groups in total. The summed E-state index contributed by atoms with van der Waals surface area (Å²) < 4.78 is 44.7. The maximum atomic E-state index is 12.0. The molecule has 0 radical (unpaired) electrons. The van der Waals surface area contributed by atoms with Gasteiger partial charge in [0.1, 0.15) is 17.1 Å². The van der Waals surface area contributed by atoms with E-state index >= 15 is 0 Å². The number of aromatic nitrogens is 1. The predicted octanol–water partition coefficient (Wildman–Crippen LogP) is 3.39. The largest absolute Gasteiger partial charge is 0.573 e. The van der Waals surface area contributed by atoms with E-state index in [2.05, 4.69) is 15.2 Å². The molecule has 1 aromatic heterocycles. The number of nitrogens with zero attached hydrogens (tertiary/aromatic N) is 1. The van der Waals surface area contributed by atoms with E-state index in [1.165, 1.54) is 18.3 Å². The van der Waals surface area contributed by atoms with Crippen molar-refractivity contribution in [2.75, 3.05) is 5.32 Å². The van der Waals surface area contributed by atoms with Gasteiger partial charge in [0.2, 0.25) is 0 Å². The van der Waals surface area contributed by atoms with Gasteiger partial charge in [0.25, 0.3) is 5.91 Å². The molecule has 0 aliphatic heterocycles. The van der Waals surface area contributed by atoms with Crippen LogP contribution >= 0.6 is 0 Å². The number of carbonyl (C=O) groups is 1. The quantitative estimate of drug-likeness (QED) is 0.940. The Balaban J connectivity index is 2.05. The molecule has 5 nitrogen and oxygen atoms in total. The number of carbonyl (C=O) groups excluding carboxylic acids is 1. The minimum Gasteiger partial charge on any atom is -0.406 e. The average Bonchev–Trinajstić information content (AvgIpc) is 2.87. The summed E-state index contributed by atoms with van der Waals surface area (Å²) in [6.45, 7) is 1.81. The van der Waals surface area contributed by atoms with Gasteiger partial charge in [-0.2, -0.15) is 0 Å². The van der Waals surface area contributed by atoms with Gasteiger partial charge in [0, 0.05) is 12.1 Å². The number of rotatable bonds is 4. The second kappa shape index (κ2) is 5.86. The molecule has 0 bridgehead atoms. The molecule has 21 heavy (non-hydrogen) atoms. The van der Waals surface area contributed by atoms with Crippen molar-refractivity contribution in [1.29, 1.82) is 0 Å². The molecule has 0 atom stereocenters. The molecule has 1 amide bonds. The molecule has 0 saturated heterocycles. The van der Waals surface area contributed by atoms with Crippen LogP contribution in [0.5, 0.6) is 5.75 Å². The molecule has 0 saturated carbocycles. The van der Waals surface area contributed by atoms with Crippen molar-refractivity contribution in [3.8, 4) is 5.75 Å². The van der Waals surface area contributed by atoms with Crippen LogP contribution in [0.25, 0.3) is 0 Å². The SMILES string of the molecule is CCc1oncc1C(=O)Nc1ccc(OC(F)(F)F)cc1. The molecule has 2 rings (SSSR count). The van der Waals surface area contributed by atoms with E-state index in [4.69, 9.17) is 4.52 Å². The number of benzene rings is 1. The van der Waals surface area contributed by atoms with Gasteiger partial charge in [-0.05, 0) is 24.3 Å². The van der Waals surface area contributed by atoms with Gasteiger partial charge in [0.15, 0.2) is 0 Å². The second-order valence-corrected chi connectivity index (χ2v) is 4.04. The van der Waals surface area contributed by atoms with E-state index in [1.807, 2.05) is 0 Å². The Kier molecular flexibility index (Phi) is 4.15. The Morgan fingerprint density at radius 1 is 1.33 bits per heavy atom. The van der Waals surface area contributed by atoms with Crippen molar-refractivity contribution in [2.24, 2.45) is 0 Å². The van der Waals surface area contributed by atoms with Crippen LogP contribution in [0.1, 0.15) is 23.0 Å². The van der Waals surface area contributed by atoms with Crippen LogP contribution in [0.3, 0.4) is 0 Å². The summed E-state index contributed by atoms with van der Waals surface area (Å²) in [5, 5.41) is 6.06. The Morgan fingerprint density at radius 2 is 2.00 bits per heavy atom. The van der Waals surface area contributed by atoms with Crippen LogP contribution in [0.15, 0.2) is 35.0 Å². The van der Waals surface area contributed by atoms with Gasteiger partial charge in [0.05, 0.1) is 6.20 Å². The molecular formula is C13H11F3N2O3. The first-order chi connectivity index (χ1) is 9.89. The lowest BCUT2D eigenvalue weighted by atomic mass is 10.2. The molecule has 0 unspecified atom stereocenters. The van der Waals surface area contributed by atoms with Crippen molar-refractivity contribution in [3.63, 3.8) is 0 Å². The molecule has 0 spiro atoms. The first-order valence-corrected chi connectivity index (χ1v) is 5.99. The maximum Gasteiger partial charge on any atom is 0.573 e. The lowest BCUT2D eigenvalue weighted by molar-refractivity contribution is -0.274. The first kappa shape index (κ1) is 14.9. The molecule has 0 aliphatic carbocycles. The highest BCUT2D eigenvalue weighted by atomic mass is 19.4. The fourth-order valence-electron chi connectivity index (χ4n) is 1.64. The van der Waals surface area contributed by atoms with Gasteiger partial charge in [-0.25, -0.2) is 0 Å². The number of halogens is 3. The monoisotopic (exact) mass is 300 g/mol. The molecule has 8 heteroatoms. The Morgan fingerprint density at radius 3 is 2.57 bits per heavy atom. The van der Waals surface area contributed by atoms with E-state index < -0.39 is 12.3 Å². The third-order valence-electron chi connectivity index (χ3n) is 2.56. The molecule has 2 aromatic rings. The van der Waals surface area contributed by atoms with Gasteiger partial charge in [-0.1, -0.05) is 12.1 Å². The Hall–Kier alpha value is -2.51. The zero-order valence-corrected chi connectivity index (χ0v) is 10.9. The molecule has 1 heterocycles. The highest BCUT2D eigenvalue weighted by Gasteiger charge is 2.31. The third kappa shape index (κ3) is 3.98. The molecular weight excluding hydrogens is 289 g/mol. The number of hydrogen-bond donors (Lipinski definition) is 1. The molecule has 0 aliphatic rings. The highest BCUT2D eigenvalue weighted by molar-refractivity contribution is 6.04. The fourth-order valence-corrected chi connectivity index (χ4v) is 1.64. The zero-order chi connectivity index (χ0) is 15.5. The summed E-state index contributed by atoms with van der Waals surface area (Å²) in [4.78, 5) is 11.9. The summed E-state index contributed by atoms with van der Waals surface area (Å²) in [6, 6.07) is 4.82. The van der Waals surface area contributed by atoms with E-state index in [9.17, 15) is 18.0 Å². The Labute approximate surface area is 117 Å². The van der Waals surface area contributed by atoms with E-state index in [0.717, 1.165) is 12.1 Å². The number of amides is 1. The topological polar surface area (TPSA) is 64.4 Å². The molecule has 0 fully saturated rings.